The molecule has 1 N–H and O–H groups in total. The summed E-state index contributed by atoms with van der Waals surface area (Å²) in [6.07, 6.45) is 8.84. The number of imidazole rings is 1. The third kappa shape index (κ3) is 3.21. The molecule has 3 aromatic rings. The Hall–Kier alpha value is -3.22. The standard InChI is InChI=1S/C18H18N6O/c1-25-18-3-2-14(11-22-18)15-12-21-17-10-16(23-24(15)17)20-9-6-13-4-7-19-8-5-13/h2-5,7-8,11-12H,6,9-10H2,1H3,(H,20,23). The summed E-state index contributed by atoms with van der Waals surface area (Å²) in [6.45, 7) is 0.733. The van der Waals surface area contributed by atoms with Gasteiger partial charge in [-0.3, -0.25) is 15.4 Å². The van der Waals surface area contributed by atoms with Gasteiger partial charge in [0.05, 0.1) is 25.4 Å². The van der Waals surface area contributed by atoms with Crippen LogP contribution in [0, 0.1) is 0 Å². The smallest absolute Gasteiger partial charge is 0.212 e. The van der Waals surface area contributed by atoms with Gasteiger partial charge in [-0.25, -0.2) is 14.6 Å². The Kier molecular flexibility index (Phi) is 4.12. The van der Waals surface area contributed by atoms with Gasteiger partial charge in [0.2, 0.25) is 5.88 Å². The lowest BCUT2D eigenvalue weighted by atomic mass is 10.2. The van der Waals surface area contributed by atoms with Crippen LogP contribution in [0.2, 0.25) is 0 Å². The number of fused-ring (bicyclic) bond motifs is 1. The van der Waals surface area contributed by atoms with Crippen molar-refractivity contribution in [2.75, 3.05) is 19.1 Å². The molecule has 126 valence electrons. The number of methoxy groups -OCH3 is 1. The largest absolute Gasteiger partial charge is 0.481 e. The molecule has 0 atom stereocenters. The molecule has 3 aromatic heterocycles. The first-order chi connectivity index (χ1) is 12.3. The van der Waals surface area contributed by atoms with Crippen LogP contribution in [0.25, 0.3) is 11.3 Å². The minimum atomic E-state index is 0.594. The van der Waals surface area contributed by atoms with Crippen LogP contribution < -0.4 is 10.2 Å². The van der Waals surface area contributed by atoms with Gasteiger partial charge in [-0.2, -0.15) is 0 Å². The van der Waals surface area contributed by atoms with E-state index >= 15 is 0 Å². The second-order valence-electron chi connectivity index (χ2n) is 5.71. The maximum atomic E-state index is 5.10. The second kappa shape index (κ2) is 6.72. The number of aliphatic imine (C=N–C) groups is 1. The van der Waals surface area contributed by atoms with Crippen LogP contribution in [0.4, 0.5) is 0 Å². The Bertz CT molecular complexity index is 886. The zero-order valence-corrected chi connectivity index (χ0v) is 13.9. The fourth-order valence-electron chi connectivity index (χ4n) is 2.77. The molecule has 25 heavy (non-hydrogen) atoms. The summed E-state index contributed by atoms with van der Waals surface area (Å²) in [5.74, 6) is 2.48. The molecule has 4 heterocycles. The normalized spacial score (nSPS) is 14.4. The van der Waals surface area contributed by atoms with E-state index in [9.17, 15) is 0 Å². The molecule has 1 aliphatic heterocycles. The summed E-state index contributed by atoms with van der Waals surface area (Å²) in [6, 6.07) is 7.84. The number of nitrogens with one attached hydrogen (secondary N) is 1. The maximum Gasteiger partial charge on any atom is 0.212 e. The predicted molar refractivity (Wildman–Crippen MR) is 95.3 cm³/mol. The molecule has 0 unspecified atom stereocenters. The lowest BCUT2D eigenvalue weighted by molar-refractivity contribution is 0.398. The Labute approximate surface area is 145 Å². The van der Waals surface area contributed by atoms with E-state index in [2.05, 4.69) is 25.4 Å². The first-order valence-corrected chi connectivity index (χ1v) is 8.10. The van der Waals surface area contributed by atoms with Crippen molar-refractivity contribution in [1.82, 2.24) is 19.6 Å². The third-order valence-corrected chi connectivity index (χ3v) is 4.10. The Morgan fingerprint density at radius 2 is 2.04 bits per heavy atom. The fourth-order valence-corrected chi connectivity index (χ4v) is 2.77. The van der Waals surface area contributed by atoms with Crippen LogP contribution in [0.5, 0.6) is 5.88 Å². The van der Waals surface area contributed by atoms with E-state index in [1.807, 2.05) is 35.1 Å². The first kappa shape index (κ1) is 15.3. The number of aromatic nitrogens is 4. The second-order valence-corrected chi connectivity index (χ2v) is 5.71. The van der Waals surface area contributed by atoms with Crippen LogP contribution in [-0.4, -0.2) is 39.1 Å². The Balaban J connectivity index is 1.46. The third-order valence-electron chi connectivity index (χ3n) is 4.10. The molecule has 4 rings (SSSR count). The van der Waals surface area contributed by atoms with Crippen molar-refractivity contribution in [2.24, 2.45) is 4.99 Å². The number of amidine groups is 1. The van der Waals surface area contributed by atoms with Crippen molar-refractivity contribution in [3.05, 3.63) is 60.4 Å². The molecule has 0 amide bonds. The van der Waals surface area contributed by atoms with Crippen molar-refractivity contribution in [2.45, 2.75) is 12.8 Å². The van der Waals surface area contributed by atoms with Gasteiger partial charge in [0.15, 0.2) is 0 Å². The van der Waals surface area contributed by atoms with Crippen molar-refractivity contribution >= 4 is 5.84 Å². The Morgan fingerprint density at radius 3 is 2.80 bits per heavy atom. The van der Waals surface area contributed by atoms with E-state index in [-0.39, 0.29) is 0 Å². The molecule has 0 fully saturated rings. The van der Waals surface area contributed by atoms with Crippen molar-refractivity contribution in [1.29, 1.82) is 0 Å². The van der Waals surface area contributed by atoms with Crippen LogP contribution in [0.3, 0.4) is 0 Å². The molecule has 0 aromatic carbocycles. The predicted octanol–water partition coefficient (Wildman–Crippen LogP) is 2.09. The highest BCUT2D eigenvalue weighted by molar-refractivity contribution is 5.94. The molecule has 7 heteroatoms. The van der Waals surface area contributed by atoms with E-state index in [0.29, 0.717) is 12.3 Å². The molecule has 0 bridgehead atoms. The highest BCUT2D eigenvalue weighted by Gasteiger charge is 2.21. The number of nitrogens with zero attached hydrogens (tertiary/aromatic N) is 5. The van der Waals surface area contributed by atoms with Crippen molar-refractivity contribution in [3.8, 4) is 17.1 Å². The molecule has 0 saturated carbocycles. The number of hydrogen-bond acceptors (Lipinski definition) is 5. The summed E-state index contributed by atoms with van der Waals surface area (Å²) in [7, 11) is 1.61. The number of rotatable bonds is 5. The molecular weight excluding hydrogens is 316 g/mol. The van der Waals surface area contributed by atoms with E-state index in [4.69, 9.17) is 4.74 Å². The topological polar surface area (TPSA) is 77.2 Å². The minimum Gasteiger partial charge on any atom is -0.481 e. The quantitative estimate of drug-likeness (QED) is 0.773. The summed E-state index contributed by atoms with van der Waals surface area (Å²) < 4.78 is 7.07. The summed E-state index contributed by atoms with van der Waals surface area (Å²) >= 11 is 0. The molecule has 0 radical (unpaired) electrons. The highest BCUT2D eigenvalue weighted by atomic mass is 16.5. The molecule has 0 saturated heterocycles. The monoisotopic (exact) mass is 334 g/mol. The van der Waals surface area contributed by atoms with Crippen LogP contribution in [0.15, 0.2) is 54.0 Å². The average Bonchev–Trinajstić information content (AvgIpc) is 3.23. The van der Waals surface area contributed by atoms with E-state index < -0.39 is 0 Å². The SMILES string of the molecule is COc1ccc(-c2cnc3n2NC(=NCCc2ccncc2)C3)cn1. The summed E-state index contributed by atoms with van der Waals surface area (Å²) in [5, 5.41) is 0. The van der Waals surface area contributed by atoms with Crippen LogP contribution >= 0.6 is 0 Å². The number of ether oxygens (including phenoxy) is 1. The lowest BCUT2D eigenvalue weighted by Gasteiger charge is -2.07. The van der Waals surface area contributed by atoms with Gasteiger partial charge in [-0.05, 0) is 30.2 Å². The maximum absolute atomic E-state index is 5.10. The lowest BCUT2D eigenvalue weighted by Crippen LogP contribution is -2.16. The van der Waals surface area contributed by atoms with Gasteiger partial charge in [0.1, 0.15) is 11.7 Å². The van der Waals surface area contributed by atoms with Crippen molar-refractivity contribution < 1.29 is 4.74 Å². The van der Waals surface area contributed by atoms with Gasteiger partial charge in [-0.15, -0.1) is 0 Å². The van der Waals surface area contributed by atoms with Gasteiger partial charge in [-0.1, -0.05) is 0 Å². The van der Waals surface area contributed by atoms with Crippen LogP contribution in [0.1, 0.15) is 11.4 Å². The zero-order valence-electron chi connectivity index (χ0n) is 13.9. The van der Waals surface area contributed by atoms with Gasteiger partial charge in [0, 0.05) is 36.8 Å². The summed E-state index contributed by atoms with van der Waals surface area (Å²) in [4.78, 5) is 17.4. The van der Waals surface area contributed by atoms with E-state index in [1.165, 1.54) is 5.56 Å². The van der Waals surface area contributed by atoms with Gasteiger partial charge < -0.3 is 4.74 Å². The number of hydrogen-bond donors (Lipinski definition) is 1. The van der Waals surface area contributed by atoms with Gasteiger partial charge in [0.25, 0.3) is 0 Å². The molecule has 1 aliphatic rings. The van der Waals surface area contributed by atoms with E-state index in [1.54, 1.807) is 25.7 Å². The fraction of sp³-hybridized carbons (Fsp3) is 0.222. The molecule has 0 aliphatic carbocycles. The molecule has 0 spiro atoms. The zero-order chi connectivity index (χ0) is 17.1. The molecule has 7 nitrogen and oxygen atoms in total. The van der Waals surface area contributed by atoms with Crippen LogP contribution in [-0.2, 0) is 12.8 Å². The van der Waals surface area contributed by atoms with Gasteiger partial charge >= 0.3 is 0 Å². The minimum absolute atomic E-state index is 0.594. The summed E-state index contributed by atoms with van der Waals surface area (Å²) in [5.41, 5.74) is 6.50. The van der Waals surface area contributed by atoms with E-state index in [0.717, 1.165) is 35.9 Å². The Morgan fingerprint density at radius 1 is 1.16 bits per heavy atom. The highest BCUT2D eigenvalue weighted by Crippen LogP contribution is 2.23. The number of pyridine rings is 2. The van der Waals surface area contributed by atoms with Crippen molar-refractivity contribution in [3.63, 3.8) is 0 Å². The molecular formula is C18H18N6O. The first-order valence-electron chi connectivity index (χ1n) is 8.10. The average molecular weight is 334 g/mol.